The van der Waals surface area contributed by atoms with Gasteiger partial charge in [-0.05, 0) is 55.4 Å². The Balaban J connectivity index is 1.52. The first-order valence-electron chi connectivity index (χ1n) is 16.3. The minimum atomic E-state index is -4.08. The van der Waals surface area contributed by atoms with Crippen molar-refractivity contribution in [3.8, 4) is 0 Å². The summed E-state index contributed by atoms with van der Waals surface area (Å²) in [5, 5.41) is 42.0. The number of rotatable bonds is 18. The number of aliphatic hydroxyl groups excluding tert-OH is 2. The molecule has 0 bridgehead atoms. The molecule has 272 valence electrons. The van der Waals surface area contributed by atoms with E-state index in [1.165, 1.54) is 65.0 Å². The molecular formula is C34H46N6O8S2. The molecule has 1 heterocycles. The van der Waals surface area contributed by atoms with Crippen molar-refractivity contribution in [2.75, 3.05) is 27.2 Å². The number of hydrogen-bond acceptors (Lipinski definition) is 11. The molecule has 1 aliphatic carbocycles. The Kier molecular flexibility index (Phi) is 14.3. The molecule has 4 rings (SSSR count). The zero-order chi connectivity index (χ0) is 36.3. The maximum atomic E-state index is 13.9. The standard InChI is InChI=1S/C34H46N6O8S2/c1-23(41)32(38-34(44)39(2)19-27-22-49-31(36-27)21-48-3)33(43)37-29(16-24-8-5-4-6-9-24)30(42)20-40(18-26-10-7-11-26)50(46,47)28-14-12-25(13-15-28)17-35-45/h4-6,8-9,12-15,17,22-23,26,29-30,32,41-42,45H,7,10-11,16,18-21H2,1-3H3,(H,37,43)(H,38,44)/b35-17+/t23-,29+,30-,32+/m1/s1. The van der Waals surface area contributed by atoms with Crippen LogP contribution in [0.5, 0.6) is 0 Å². The molecule has 4 atom stereocenters. The normalized spacial score (nSPS) is 16.0. The van der Waals surface area contributed by atoms with Gasteiger partial charge in [-0.3, -0.25) is 4.79 Å². The molecule has 1 aromatic heterocycles. The molecule has 0 unspecified atom stereocenters. The van der Waals surface area contributed by atoms with Gasteiger partial charge in [-0.15, -0.1) is 11.3 Å². The molecule has 0 spiro atoms. The van der Waals surface area contributed by atoms with Crippen molar-refractivity contribution < 1.29 is 38.2 Å². The number of benzene rings is 2. The van der Waals surface area contributed by atoms with Crippen LogP contribution in [0, 0.1) is 5.92 Å². The number of urea groups is 1. The van der Waals surface area contributed by atoms with E-state index in [-0.39, 0.29) is 36.9 Å². The van der Waals surface area contributed by atoms with Crippen molar-refractivity contribution in [1.82, 2.24) is 24.8 Å². The summed E-state index contributed by atoms with van der Waals surface area (Å²) in [4.78, 5) is 32.6. The second-order valence-electron chi connectivity index (χ2n) is 12.5. The van der Waals surface area contributed by atoms with Crippen LogP contribution < -0.4 is 10.6 Å². The van der Waals surface area contributed by atoms with Crippen LogP contribution in [0.15, 0.2) is 70.0 Å². The lowest BCUT2D eigenvalue weighted by Crippen LogP contribution is -2.59. The number of nitrogens with zero attached hydrogens (tertiary/aromatic N) is 4. The highest BCUT2D eigenvalue weighted by Crippen LogP contribution is 2.30. The van der Waals surface area contributed by atoms with Crippen LogP contribution in [-0.2, 0) is 39.1 Å². The van der Waals surface area contributed by atoms with E-state index in [1.807, 2.05) is 35.7 Å². The third kappa shape index (κ3) is 10.8. The van der Waals surface area contributed by atoms with Crippen molar-refractivity contribution >= 4 is 39.5 Å². The summed E-state index contributed by atoms with van der Waals surface area (Å²) in [7, 11) is -0.976. The van der Waals surface area contributed by atoms with E-state index < -0.39 is 46.3 Å². The van der Waals surface area contributed by atoms with Gasteiger partial charge in [-0.1, -0.05) is 54.0 Å². The predicted molar refractivity (Wildman–Crippen MR) is 188 cm³/mol. The minimum Gasteiger partial charge on any atom is -0.411 e. The lowest BCUT2D eigenvalue weighted by molar-refractivity contribution is -0.127. The monoisotopic (exact) mass is 730 g/mol. The Labute approximate surface area is 296 Å². The zero-order valence-electron chi connectivity index (χ0n) is 28.4. The number of methoxy groups -OCH3 is 1. The maximum Gasteiger partial charge on any atom is 0.318 e. The number of nitrogens with one attached hydrogen (secondary N) is 2. The predicted octanol–water partition coefficient (Wildman–Crippen LogP) is 2.57. The topological polar surface area (TPSA) is 194 Å². The summed E-state index contributed by atoms with van der Waals surface area (Å²) >= 11 is 1.40. The highest BCUT2D eigenvalue weighted by atomic mass is 32.2. The first kappa shape index (κ1) is 38.9. The molecule has 0 aliphatic heterocycles. The number of carbonyl (C=O) groups excluding carboxylic acids is 2. The molecule has 3 aromatic rings. The van der Waals surface area contributed by atoms with E-state index in [4.69, 9.17) is 9.94 Å². The number of sulfonamides is 1. The third-order valence-electron chi connectivity index (χ3n) is 8.55. The van der Waals surface area contributed by atoms with Crippen LogP contribution in [0.1, 0.15) is 48.0 Å². The lowest BCUT2D eigenvalue weighted by atomic mass is 9.85. The average molecular weight is 731 g/mol. The van der Waals surface area contributed by atoms with E-state index in [0.717, 1.165) is 29.8 Å². The van der Waals surface area contributed by atoms with Gasteiger partial charge in [-0.2, -0.15) is 4.31 Å². The third-order valence-corrected chi connectivity index (χ3v) is 11.3. The summed E-state index contributed by atoms with van der Waals surface area (Å²) in [6.07, 6.45) is 1.37. The molecule has 0 radical (unpaired) electrons. The molecule has 2 aromatic carbocycles. The number of amides is 3. The molecule has 16 heteroatoms. The number of ether oxygens (including phenoxy) is 1. The number of hydrogen-bond donors (Lipinski definition) is 5. The second kappa shape index (κ2) is 18.3. The summed E-state index contributed by atoms with van der Waals surface area (Å²) in [5.41, 5.74) is 1.92. The molecule has 1 aliphatic rings. The average Bonchev–Trinajstić information content (AvgIpc) is 3.51. The molecular weight excluding hydrogens is 685 g/mol. The van der Waals surface area contributed by atoms with Gasteiger partial charge in [0, 0.05) is 32.6 Å². The van der Waals surface area contributed by atoms with Crippen molar-refractivity contribution in [2.45, 2.75) is 74.9 Å². The highest BCUT2D eigenvalue weighted by Gasteiger charge is 2.35. The number of aromatic nitrogens is 1. The van der Waals surface area contributed by atoms with Crippen LogP contribution >= 0.6 is 11.3 Å². The van der Waals surface area contributed by atoms with Crippen molar-refractivity contribution in [3.05, 3.63) is 81.8 Å². The Morgan fingerprint density at radius 1 is 1.12 bits per heavy atom. The number of carbonyl (C=O) groups is 2. The van der Waals surface area contributed by atoms with E-state index in [0.29, 0.717) is 17.9 Å². The molecule has 0 saturated heterocycles. The van der Waals surface area contributed by atoms with Gasteiger partial charge in [0.15, 0.2) is 0 Å². The number of oxime groups is 1. The number of thiazole rings is 1. The lowest BCUT2D eigenvalue weighted by Gasteiger charge is -2.35. The Morgan fingerprint density at radius 2 is 1.82 bits per heavy atom. The van der Waals surface area contributed by atoms with Crippen LogP contribution in [-0.4, -0.2) is 108 Å². The first-order chi connectivity index (χ1) is 23.9. The molecule has 3 amide bonds. The first-order valence-corrected chi connectivity index (χ1v) is 18.6. The molecule has 14 nitrogen and oxygen atoms in total. The van der Waals surface area contributed by atoms with Crippen LogP contribution in [0.3, 0.4) is 0 Å². The van der Waals surface area contributed by atoms with Crippen molar-refractivity contribution in [1.29, 1.82) is 0 Å². The van der Waals surface area contributed by atoms with Crippen LogP contribution in [0.2, 0.25) is 0 Å². The van der Waals surface area contributed by atoms with Crippen LogP contribution in [0.25, 0.3) is 0 Å². The number of aliphatic hydroxyl groups is 2. The fraction of sp³-hybridized carbons (Fsp3) is 0.471. The Bertz CT molecular complexity index is 1670. The van der Waals surface area contributed by atoms with Crippen molar-refractivity contribution in [3.63, 3.8) is 0 Å². The summed E-state index contributed by atoms with van der Waals surface area (Å²) in [5.74, 6) is -0.616. The molecule has 1 saturated carbocycles. The largest absolute Gasteiger partial charge is 0.411 e. The Morgan fingerprint density at radius 3 is 2.42 bits per heavy atom. The maximum absolute atomic E-state index is 13.9. The van der Waals surface area contributed by atoms with Gasteiger partial charge in [0.2, 0.25) is 15.9 Å². The van der Waals surface area contributed by atoms with Crippen LogP contribution in [0.4, 0.5) is 4.79 Å². The van der Waals surface area contributed by atoms with Crippen molar-refractivity contribution in [2.24, 2.45) is 11.1 Å². The van der Waals surface area contributed by atoms with E-state index in [9.17, 15) is 28.2 Å². The van der Waals surface area contributed by atoms with E-state index >= 15 is 0 Å². The highest BCUT2D eigenvalue weighted by molar-refractivity contribution is 7.89. The second-order valence-corrected chi connectivity index (χ2v) is 15.4. The van der Waals surface area contributed by atoms with Gasteiger partial charge >= 0.3 is 6.03 Å². The zero-order valence-corrected chi connectivity index (χ0v) is 30.0. The summed E-state index contributed by atoms with van der Waals surface area (Å²) in [6, 6.07) is 12.0. The minimum absolute atomic E-state index is 0.0105. The van der Waals surface area contributed by atoms with Gasteiger partial charge in [0.1, 0.15) is 11.0 Å². The molecule has 5 N–H and O–H groups in total. The smallest absolute Gasteiger partial charge is 0.318 e. The van der Waals surface area contributed by atoms with Gasteiger partial charge in [0.05, 0.1) is 48.2 Å². The Hall–Kier alpha value is -3.93. The summed E-state index contributed by atoms with van der Waals surface area (Å²) in [6.45, 7) is 1.74. The fourth-order valence-electron chi connectivity index (χ4n) is 5.51. The van der Waals surface area contributed by atoms with E-state index in [1.54, 1.807) is 7.11 Å². The quantitative estimate of drug-likeness (QED) is 0.0743. The SMILES string of the molecule is COCc1nc(CN(C)C(=O)N[C@H](C(=O)N[C@@H](Cc2ccccc2)[C@H](O)CN(CC2CCC2)S(=O)(=O)c2ccc(/C=N/O)cc2)[C@@H](C)O)cs1. The molecule has 50 heavy (non-hydrogen) atoms. The van der Waals surface area contributed by atoms with Gasteiger partial charge in [0.25, 0.3) is 0 Å². The van der Waals surface area contributed by atoms with E-state index in [2.05, 4.69) is 20.8 Å². The van der Waals surface area contributed by atoms with Gasteiger partial charge < -0.3 is 35.7 Å². The summed E-state index contributed by atoms with van der Waals surface area (Å²) < 4.78 is 34.2. The molecule has 1 fully saturated rings. The van der Waals surface area contributed by atoms with Gasteiger partial charge in [-0.25, -0.2) is 18.2 Å². The fourth-order valence-corrected chi connectivity index (χ4v) is 7.80.